The van der Waals surface area contributed by atoms with E-state index in [4.69, 9.17) is 0 Å². The molecule has 0 atom stereocenters. The van der Waals surface area contributed by atoms with Crippen LogP contribution in [-0.4, -0.2) is 87.2 Å². The van der Waals surface area contributed by atoms with Crippen LogP contribution >= 0.6 is 0 Å². The first-order chi connectivity index (χ1) is 13.8. The summed E-state index contributed by atoms with van der Waals surface area (Å²) in [6.07, 6.45) is 5.42. The van der Waals surface area contributed by atoms with Crippen LogP contribution in [0.15, 0.2) is 24.3 Å². The molecule has 3 rings (SSSR count). The Morgan fingerprint density at radius 1 is 0.679 bits per heavy atom. The van der Waals surface area contributed by atoms with Crippen molar-refractivity contribution in [2.45, 2.75) is 38.8 Å². The molecule has 2 saturated heterocycles. The zero-order valence-corrected chi connectivity index (χ0v) is 18.0. The van der Waals surface area contributed by atoms with Gasteiger partial charge in [0.2, 0.25) is 0 Å². The average Bonchev–Trinajstić information content (AvgIpc) is 2.74. The summed E-state index contributed by atoms with van der Waals surface area (Å²) in [5.41, 5.74) is 2.77. The van der Waals surface area contributed by atoms with E-state index in [9.17, 15) is 0 Å². The van der Waals surface area contributed by atoms with Crippen LogP contribution < -0.4 is 10.6 Å². The molecule has 158 valence electrons. The molecule has 2 N–H and O–H groups in total. The van der Waals surface area contributed by atoms with E-state index in [0.29, 0.717) is 0 Å². The van der Waals surface area contributed by atoms with Crippen LogP contribution in [0, 0.1) is 0 Å². The predicted molar refractivity (Wildman–Crippen MR) is 119 cm³/mol. The Morgan fingerprint density at radius 3 is 1.89 bits per heavy atom. The molecule has 0 aliphatic carbocycles. The standard InChI is InChI=1S/C23H41N5/c1-26-16-18-28(19-17-26)14-5-10-24-20-22-6-8-23(9-7-22)21-25-11-15-27-12-3-2-4-13-27/h6-9,24-25H,2-5,10-21H2,1H3. The number of piperidine rings is 1. The van der Waals surface area contributed by atoms with Gasteiger partial charge in [-0.2, -0.15) is 0 Å². The van der Waals surface area contributed by atoms with E-state index in [-0.39, 0.29) is 0 Å². The molecular formula is C23H41N5. The third kappa shape index (κ3) is 8.18. The van der Waals surface area contributed by atoms with Gasteiger partial charge in [-0.3, -0.25) is 0 Å². The van der Waals surface area contributed by atoms with Gasteiger partial charge in [-0.15, -0.1) is 0 Å². The molecule has 2 aliphatic heterocycles. The van der Waals surface area contributed by atoms with Crippen molar-refractivity contribution in [2.75, 3.05) is 72.5 Å². The Bertz CT molecular complexity index is 518. The lowest BCUT2D eigenvalue weighted by Crippen LogP contribution is -2.45. The Labute approximate surface area is 172 Å². The van der Waals surface area contributed by atoms with E-state index in [0.717, 1.165) is 26.2 Å². The summed E-state index contributed by atoms with van der Waals surface area (Å²) in [6, 6.07) is 9.09. The second kappa shape index (κ2) is 12.6. The molecule has 2 fully saturated rings. The highest BCUT2D eigenvalue weighted by Gasteiger charge is 2.12. The van der Waals surface area contributed by atoms with E-state index in [1.54, 1.807) is 0 Å². The summed E-state index contributed by atoms with van der Waals surface area (Å²) in [6.45, 7) is 14.0. The highest BCUT2D eigenvalue weighted by Crippen LogP contribution is 2.08. The maximum absolute atomic E-state index is 3.60. The molecule has 2 heterocycles. The molecule has 28 heavy (non-hydrogen) atoms. The minimum Gasteiger partial charge on any atom is -0.313 e. The Morgan fingerprint density at radius 2 is 1.25 bits per heavy atom. The molecule has 5 heteroatoms. The number of rotatable bonds is 11. The van der Waals surface area contributed by atoms with E-state index in [1.165, 1.54) is 89.2 Å². The number of piperazine rings is 1. The fourth-order valence-corrected chi connectivity index (χ4v) is 4.16. The number of hydrogen-bond acceptors (Lipinski definition) is 5. The SMILES string of the molecule is CN1CCN(CCCNCc2ccc(CNCCN3CCCCC3)cc2)CC1. The first-order valence-corrected chi connectivity index (χ1v) is 11.4. The third-order valence-corrected chi connectivity index (χ3v) is 6.16. The molecule has 2 aliphatic rings. The van der Waals surface area contributed by atoms with Crippen LogP contribution in [0.2, 0.25) is 0 Å². The quantitative estimate of drug-likeness (QED) is 0.568. The minimum absolute atomic E-state index is 0.978. The molecule has 0 amide bonds. The van der Waals surface area contributed by atoms with Crippen molar-refractivity contribution in [1.29, 1.82) is 0 Å². The first kappa shape index (κ1) is 21.7. The molecule has 1 aromatic carbocycles. The number of benzene rings is 1. The van der Waals surface area contributed by atoms with Gasteiger partial charge in [-0.05, 0) is 63.6 Å². The number of nitrogens with zero attached hydrogens (tertiary/aromatic N) is 3. The van der Waals surface area contributed by atoms with Gasteiger partial charge >= 0.3 is 0 Å². The first-order valence-electron chi connectivity index (χ1n) is 11.4. The van der Waals surface area contributed by atoms with Gasteiger partial charge in [0.25, 0.3) is 0 Å². The molecule has 0 radical (unpaired) electrons. The zero-order valence-electron chi connectivity index (χ0n) is 18.0. The van der Waals surface area contributed by atoms with Crippen LogP contribution in [0.25, 0.3) is 0 Å². The second-order valence-electron chi connectivity index (χ2n) is 8.57. The molecule has 1 aromatic rings. The Balaban J connectivity index is 1.21. The zero-order chi connectivity index (χ0) is 19.4. The van der Waals surface area contributed by atoms with Crippen LogP contribution in [0.5, 0.6) is 0 Å². The minimum atomic E-state index is 0.978. The highest BCUT2D eigenvalue weighted by molar-refractivity contribution is 5.22. The summed E-state index contributed by atoms with van der Waals surface area (Å²) in [7, 11) is 2.22. The number of likely N-dealkylation sites (tertiary alicyclic amines) is 1. The largest absolute Gasteiger partial charge is 0.313 e. The number of nitrogens with one attached hydrogen (secondary N) is 2. The van der Waals surface area contributed by atoms with E-state index >= 15 is 0 Å². The van der Waals surface area contributed by atoms with E-state index in [1.807, 2.05) is 0 Å². The van der Waals surface area contributed by atoms with Crippen molar-refractivity contribution in [3.05, 3.63) is 35.4 Å². The Hall–Kier alpha value is -0.980. The molecule has 0 aromatic heterocycles. The normalized spacial score (nSPS) is 19.9. The summed E-state index contributed by atoms with van der Waals surface area (Å²) >= 11 is 0. The smallest absolute Gasteiger partial charge is 0.0206 e. The van der Waals surface area contributed by atoms with Crippen LogP contribution in [-0.2, 0) is 13.1 Å². The molecule has 0 bridgehead atoms. The van der Waals surface area contributed by atoms with Gasteiger partial charge in [0.15, 0.2) is 0 Å². The highest BCUT2D eigenvalue weighted by atomic mass is 15.2. The summed E-state index contributed by atoms with van der Waals surface area (Å²) in [4.78, 5) is 7.60. The lowest BCUT2D eigenvalue weighted by molar-refractivity contribution is 0.153. The molecule has 5 nitrogen and oxygen atoms in total. The summed E-state index contributed by atoms with van der Waals surface area (Å²) in [5.74, 6) is 0. The van der Waals surface area contributed by atoms with Gasteiger partial charge in [0.05, 0.1) is 0 Å². The van der Waals surface area contributed by atoms with Crippen molar-refractivity contribution in [3.63, 3.8) is 0 Å². The number of hydrogen-bond donors (Lipinski definition) is 2. The lowest BCUT2D eigenvalue weighted by Gasteiger charge is -2.32. The van der Waals surface area contributed by atoms with Crippen molar-refractivity contribution < 1.29 is 0 Å². The van der Waals surface area contributed by atoms with Gasteiger partial charge in [-0.25, -0.2) is 0 Å². The predicted octanol–water partition coefficient (Wildman–Crippen LogP) is 1.99. The van der Waals surface area contributed by atoms with Gasteiger partial charge in [-0.1, -0.05) is 30.7 Å². The fourth-order valence-electron chi connectivity index (χ4n) is 4.16. The van der Waals surface area contributed by atoms with Crippen LogP contribution in [0.4, 0.5) is 0 Å². The lowest BCUT2D eigenvalue weighted by atomic mass is 10.1. The topological polar surface area (TPSA) is 33.8 Å². The average molecular weight is 388 g/mol. The molecule has 0 spiro atoms. The maximum Gasteiger partial charge on any atom is 0.0206 e. The summed E-state index contributed by atoms with van der Waals surface area (Å²) < 4.78 is 0. The Kier molecular flexibility index (Phi) is 9.74. The number of likely N-dealkylation sites (N-methyl/N-ethyl adjacent to an activating group) is 1. The van der Waals surface area contributed by atoms with Crippen molar-refractivity contribution >= 4 is 0 Å². The second-order valence-corrected chi connectivity index (χ2v) is 8.57. The van der Waals surface area contributed by atoms with E-state index in [2.05, 4.69) is 56.6 Å². The van der Waals surface area contributed by atoms with Crippen molar-refractivity contribution in [1.82, 2.24) is 25.3 Å². The van der Waals surface area contributed by atoms with Gasteiger partial charge in [0, 0.05) is 52.4 Å². The van der Waals surface area contributed by atoms with Crippen LogP contribution in [0.1, 0.15) is 36.8 Å². The van der Waals surface area contributed by atoms with Crippen LogP contribution in [0.3, 0.4) is 0 Å². The van der Waals surface area contributed by atoms with Gasteiger partial charge in [0.1, 0.15) is 0 Å². The monoisotopic (exact) mass is 387 g/mol. The molecular weight excluding hydrogens is 346 g/mol. The third-order valence-electron chi connectivity index (χ3n) is 6.16. The maximum atomic E-state index is 3.60. The van der Waals surface area contributed by atoms with Gasteiger partial charge < -0.3 is 25.3 Å². The van der Waals surface area contributed by atoms with Crippen molar-refractivity contribution in [3.8, 4) is 0 Å². The molecule has 0 unspecified atom stereocenters. The molecule has 0 saturated carbocycles. The summed E-state index contributed by atoms with van der Waals surface area (Å²) in [5, 5.41) is 7.20. The van der Waals surface area contributed by atoms with Crippen molar-refractivity contribution in [2.24, 2.45) is 0 Å². The van der Waals surface area contributed by atoms with E-state index < -0.39 is 0 Å². The fraction of sp³-hybridized carbons (Fsp3) is 0.739.